The topological polar surface area (TPSA) is 15.3 Å². The Balaban J connectivity index is 1.26. The van der Waals surface area contributed by atoms with Crippen LogP contribution >= 0.6 is 0 Å². The Bertz CT molecular complexity index is 4340. The van der Waals surface area contributed by atoms with E-state index < -0.39 is 38.5 Å². The minimum absolute atomic E-state index is 0.413. The van der Waals surface area contributed by atoms with Gasteiger partial charge in [0.05, 0.1) is 32.1 Å². The molecule has 2 atom stereocenters. The lowest BCUT2D eigenvalue weighted by molar-refractivity contribution is 0.0595. The Morgan fingerprint density at radius 3 is 1.26 bits per heavy atom. The van der Waals surface area contributed by atoms with Gasteiger partial charge in [-0.2, -0.15) is 0 Å². The van der Waals surface area contributed by atoms with E-state index in [1.54, 1.807) is 0 Å². The first kappa shape index (κ1) is 53.0. The second-order valence-corrected chi connectivity index (χ2v) is 35.4. The summed E-state index contributed by atoms with van der Waals surface area (Å²) in [6.07, 6.45) is 0. The largest absolute Gasteiger partial charge is 0.355 e. The van der Waals surface area contributed by atoms with Gasteiger partial charge in [0, 0.05) is 44.4 Å². The molecule has 1 N–H and O–H groups in total. The maximum Gasteiger partial charge on any atom is 0.0791 e. The van der Waals surface area contributed by atoms with Crippen molar-refractivity contribution in [1.29, 1.82) is 0 Å². The van der Waals surface area contributed by atoms with E-state index in [1.165, 1.54) is 126 Å². The average molecular weight is 1100 g/mol. The molecule has 0 fully saturated rings. The van der Waals surface area contributed by atoms with Crippen LogP contribution in [-0.2, 0) is 10.8 Å². The standard InChI is InChI=1S/C76H75N2Si3/c1-47-43-63-69(59-27-19-15-23-55(47)59)71-61-29-21-17-25-57(61)67(77-49-31-41-54(42-32-49)81(12,13)14)45-65(71)75(63,73(3,4)5)76(74(6,7)8)64-44-48(2)56-24-16-20-28-60(56)70(64)72-62-30-22-18-26-58(62)68(46-66(72)76)78(50-33-37-52(79-9)38-34-50)51-35-39-53(40-36-51)80(10)11/h15-46,77H,1-14H3. The Hall–Kier alpha value is -7.29. The van der Waals surface area contributed by atoms with Gasteiger partial charge in [-0.15, -0.1) is 0 Å². The Labute approximate surface area is 486 Å². The number of rotatable bonds is 9. The summed E-state index contributed by atoms with van der Waals surface area (Å²) >= 11 is 0. The number of aryl methyl sites for hydroxylation is 2. The first-order valence-corrected chi connectivity index (χ1v) is 36.8. The number of fused-ring (bicyclic) bond motifs is 14. The summed E-state index contributed by atoms with van der Waals surface area (Å²) in [6.45, 7) is 34.6. The van der Waals surface area contributed by atoms with Crippen molar-refractivity contribution in [2.45, 2.75) is 106 Å². The van der Waals surface area contributed by atoms with Gasteiger partial charge in [-0.05, 0) is 161 Å². The Kier molecular flexibility index (Phi) is 12.4. The number of hydrogen-bond acceptors (Lipinski definition) is 2. The summed E-state index contributed by atoms with van der Waals surface area (Å²) < 4.78 is 0. The lowest BCUT2D eigenvalue weighted by Crippen LogP contribution is -2.62. The maximum absolute atomic E-state index is 4.15. The zero-order valence-corrected chi connectivity index (χ0v) is 52.9. The molecule has 13 rings (SSSR count). The number of nitrogens with zero attached hydrogens (tertiary/aromatic N) is 1. The minimum Gasteiger partial charge on any atom is -0.355 e. The van der Waals surface area contributed by atoms with Crippen LogP contribution in [0.4, 0.5) is 28.4 Å². The molecule has 5 heteroatoms. The van der Waals surface area contributed by atoms with E-state index in [9.17, 15) is 0 Å². The monoisotopic (exact) mass is 1100 g/mol. The van der Waals surface area contributed by atoms with E-state index >= 15 is 0 Å². The minimum atomic E-state index is -1.54. The molecular weight excluding hydrogens is 1030 g/mol. The van der Waals surface area contributed by atoms with Crippen molar-refractivity contribution in [2.24, 2.45) is 10.8 Å². The van der Waals surface area contributed by atoms with Gasteiger partial charge in [-0.3, -0.25) is 0 Å². The van der Waals surface area contributed by atoms with Crippen LogP contribution < -0.4 is 25.8 Å². The van der Waals surface area contributed by atoms with Crippen molar-refractivity contribution in [2.75, 3.05) is 10.2 Å². The second kappa shape index (κ2) is 18.9. The van der Waals surface area contributed by atoms with Gasteiger partial charge in [-0.1, -0.05) is 242 Å². The lowest BCUT2D eigenvalue weighted by Gasteiger charge is -2.62. The summed E-state index contributed by atoms with van der Waals surface area (Å²) in [5.41, 5.74) is 17.2. The van der Waals surface area contributed by atoms with E-state index in [1.807, 2.05) is 0 Å². The summed E-state index contributed by atoms with van der Waals surface area (Å²) in [4.78, 5) is 2.59. The van der Waals surface area contributed by atoms with Gasteiger partial charge >= 0.3 is 0 Å². The normalized spacial score (nSPS) is 16.8. The summed E-state index contributed by atoms with van der Waals surface area (Å²) in [6, 6.07) is 76.3. The highest BCUT2D eigenvalue weighted by molar-refractivity contribution is 6.88. The Morgan fingerprint density at radius 1 is 0.444 bits per heavy atom. The average Bonchev–Trinajstić information content (AvgIpc) is 1.86. The Morgan fingerprint density at radius 2 is 0.827 bits per heavy atom. The van der Waals surface area contributed by atoms with Gasteiger partial charge in [-0.25, -0.2) is 0 Å². The number of anilines is 5. The fraction of sp³-hybridized carbons (Fsp3) is 0.237. The van der Waals surface area contributed by atoms with E-state index in [4.69, 9.17) is 0 Å². The fourth-order valence-corrected chi connectivity index (χ4v) is 18.1. The second-order valence-electron chi connectivity index (χ2n) is 26.7. The summed E-state index contributed by atoms with van der Waals surface area (Å²) in [5, 5.41) is 18.7. The molecule has 11 aromatic carbocycles. The fourth-order valence-electron chi connectivity index (χ4n) is 15.6. The molecule has 0 saturated carbocycles. The third-order valence-electron chi connectivity index (χ3n) is 18.9. The van der Waals surface area contributed by atoms with Gasteiger partial charge in [0.2, 0.25) is 0 Å². The molecular formula is C76H75N2Si3. The predicted molar refractivity (Wildman–Crippen MR) is 359 cm³/mol. The summed E-state index contributed by atoms with van der Waals surface area (Å²) in [7, 11) is -1.50. The highest BCUT2D eigenvalue weighted by Gasteiger charge is 2.71. The van der Waals surface area contributed by atoms with Crippen LogP contribution in [0.1, 0.15) is 74.9 Å². The van der Waals surface area contributed by atoms with Crippen molar-refractivity contribution in [3.63, 3.8) is 0 Å². The van der Waals surface area contributed by atoms with Crippen LogP contribution in [0.25, 0.3) is 65.3 Å². The van der Waals surface area contributed by atoms with Gasteiger partial charge in [0.25, 0.3) is 0 Å². The van der Waals surface area contributed by atoms with Crippen LogP contribution in [-0.4, -0.2) is 26.4 Å². The van der Waals surface area contributed by atoms with Crippen LogP contribution in [0.5, 0.6) is 0 Å². The molecule has 401 valence electrons. The number of hydrogen-bond donors (Lipinski definition) is 1. The van der Waals surface area contributed by atoms with Gasteiger partial charge in [0.1, 0.15) is 0 Å². The third-order valence-corrected chi connectivity index (χ3v) is 23.4. The number of benzene rings is 11. The first-order chi connectivity index (χ1) is 38.7. The molecule has 0 aromatic heterocycles. The molecule has 0 bridgehead atoms. The van der Waals surface area contributed by atoms with Crippen molar-refractivity contribution in [3.05, 3.63) is 228 Å². The van der Waals surface area contributed by atoms with Crippen molar-refractivity contribution in [1.82, 2.24) is 0 Å². The summed E-state index contributed by atoms with van der Waals surface area (Å²) in [5.74, 6) is 0. The highest BCUT2D eigenvalue weighted by atomic mass is 28.3. The number of nitrogens with one attached hydrogen (secondary N) is 1. The smallest absolute Gasteiger partial charge is 0.0791 e. The van der Waals surface area contributed by atoms with Crippen molar-refractivity contribution < 1.29 is 0 Å². The molecule has 2 aliphatic carbocycles. The SMILES string of the molecule is C[Si]c1ccc(N(c2ccc([Si](C)C)cc2)c2cc3c(c4ccccc24)-c2c(cc(C)c4ccccc24)C3(C(C)(C)C)C2(C(C)(C)C)c3cc(C)c4ccccc4c3-c3c2cc(Nc2ccc([Si](C)(C)C)cc2)c2ccccc32)cc1. The van der Waals surface area contributed by atoms with E-state index in [0.29, 0.717) is 9.52 Å². The quantitative estimate of drug-likeness (QED) is 0.145. The molecule has 0 saturated heterocycles. The van der Waals surface area contributed by atoms with E-state index in [2.05, 4.69) is 299 Å². The molecule has 11 aromatic rings. The lowest BCUT2D eigenvalue weighted by atomic mass is 9.39. The maximum atomic E-state index is 4.15. The predicted octanol–water partition coefficient (Wildman–Crippen LogP) is 19.3. The van der Waals surface area contributed by atoms with Gasteiger partial charge < -0.3 is 10.2 Å². The zero-order valence-electron chi connectivity index (χ0n) is 49.9. The zero-order chi connectivity index (χ0) is 56.7. The molecule has 0 heterocycles. The van der Waals surface area contributed by atoms with E-state index in [0.717, 1.165) is 17.1 Å². The molecule has 81 heavy (non-hydrogen) atoms. The molecule has 0 aliphatic heterocycles. The molecule has 0 spiro atoms. The highest BCUT2D eigenvalue weighted by Crippen LogP contribution is 2.77. The molecule has 2 aliphatic rings. The molecule has 3 radical (unpaired) electrons. The van der Waals surface area contributed by atoms with Crippen LogP contribution in [0.2, 0.25) is 39.3 Å². The molecule has 2 unspecified atom stereocenters. The van der Waals surface area contributed by atoms with Gasteiger partial charge in [0.15, 0.2) is 0 Å². The first-order valence-electron chi connectivity index (χ1n) is 29.3. The third kappa shape index (κ3) is 7.67. The van der Waals surface area contributed by atoms with Crippen LogP contribution in [0.15, 0.2) is 194 Å². The van der Waals surface area contributed by atoms with E-state index in [-0.39, 0.29) is 0 Å². The van der Waals surface area contributed by atoms with Crippen molar-refractivity contribution >= 4 is 113 Å². The molecule has 0 amide bonds. The van der Waals surface area contributed by atoms with Crippen molar-refractivity contribution in [3.8, 4) is 22.3 Å². The molecule has 2 nitrogen and oxygen atoms in total. The van der Waals surface area contributed by atoms with Crippen LogP contribution in [0.3, 0.4) is 0 Å². The van der Waals surface area contributed by atoms with Crippen LogP contribution in [0, 0.1) is 24.7 Å².